The maximum absolute atomic E-state index is 13.5. The summed E-state index contributed by atoms with van der Waals surface area (Å²) in [4.78, 5) is 58.7. The number of rotatable bonds is 17. The highest BCUT2D eigenvalue weighted by Crippen LogP contribution is 2.13. The summed E-state index contributed by atoms with van der Waals surface area (Å²) in [5, 5.41) is 36.6. The molecule has 0 aliphatic carbocycles. The predicted molar refractivity (Wildman–Crippen MR) is 160 cm³/mol. The van der Waals surface area contributed by atoms with Gasteiger partial charge in [-0.1, -0.05) is 24.3 Å². The lowest BCUT2D eigenvalue weighted by Gasteiger charge is -2.25. The van der Waals surface area contributed by atoms with Crippen molar-refractivity contribution in [2.24, 2.45) is 11.5 Å². The Morgan fingerprint density at radius 1 is 0.750 bits per heavy atom. The summed E-state index contributed by atoms with van der Waals surface area (Å²) in [6, 6.07) is 7.55. The molecular weight excluding hydrogens is 570 g/mol. The van der Waals surface area contributed by atoms with Gasteiger partial charge in [-0.05, 0) is 67.6 Å². The minimum atomic E-state index is -1.31. The molecule has 0 radical (unpaired) electrons. The zero-order valence-electron chi connectivity index (χ0n) is 24.1. The van der Waals surface area contributed by atoms with E-state index in [0.717, 1.165) is 0 Å². The number of carboxylic acid groups (broad SMARTS) is 1. The zero-order chi connectivity index (χ0) is 32.1. The number of carbonyl (C=O) groups excluding carboxylic acids is 3. The van der Waals surface area contributed by atoms with Gasteiger partial charge in [-0.3, -0.25) is 14.4 Å². The molecule has 11 N–H and O–H groups in total. The van der Waals surface area contributed by atoms with E-state index in [-0.39, 0.29) is 37.2 Å². The van der Waals surface area contributed by atoms with Gasteiger partial charge in [0.25, 0.3) is 0 Å². The SMILES string of the molecule is NCCCCC(NC(=O)C(Cc1cnc[nH]1)NC(=O)C(N)Cc1ccc(O)cc1)C(=O)NC(Cc1ccc(O)cc1)C(=O)O. The molecule has 0 aliphatic rings. The van der Waals surface area contributed by atoms with E-state index < -0.39 is 47.9 Å². The highest BCUT2D eigenvalue weighted by molar-refractivity contribution is 5.94. The lowest BCUT2D eigenvalue weighted by atomic mass is 10.0. The van der Waals surface area contributed by atoms with Crippen molar-refractivity contribution < 1.29 is 34.5 Å². The third kappa shape index (κ3) is 10.7. The Morgan fingerprint density at radius 2 is 1.30 bits per heavy atom. The number of nitrogens with two attached hydrogens (primary N) is 2. The third-order valence-corrected chi connectivity index (χ3v) is 6.91. The first kappa shape index (κ1) is 33.6. The summed E-state index contributed by atoms with van der Waals surface area (Å²) >= 11 is 0. The number of imidazole rings is 1. The van der Waals surface area contributed by atoms with Gasteiger partial charge in [0.15, 0.2) is 0 Å². The van der Waals surface area contributed by atoms with Crippen LogP contribution in [-0.2, 0) is 38.4 Å². The molecular formula is C30H39N7O7. The number of aliphatic carboxylic acids is 1. The van der Waals surface area contributed by atoms with E-state index in [9.17, 15) is 34.5 Å². The standard InChI is InChI=1S/C30H39N7O7/c31-12-2-1-3-24(28(41)37-26(30(43)44)14-19-6-10-22(39)11-7-19)35-29(42)25(15-20-16-33-17-34-20)36-27(40)23(32)13-18-4-8-21(38)9-5-18/h4-11,16-17,23-26,38-39H,1-3,12-15,31-32H2,(H,33,34)(H,35,42)(H,36,40)(H,37,41)(H,43,44). The van der Waals surface area contributed by atoms with E-state index in [4.69, 9.17) is 11.5 Å². The minimum absolute atomic E-state index is 0.0131. The van der Waals surface area contributed by atoms with Crippen LogP contribution in [0.3, 0.4) is 0 Å². The van der Waals surface area contributed by atoms with Crippen LogP contribution in [-0.4, -0.2) is 79.7 Å². The van der Waals surface area contributed by atoms with Crippen LogP contribution in [0.25, 0.3) is 0 Å². The number of carboxylic acids is 1. The Balaban J connectivity index is 1.73. The fraction of sp³-hybridized carbons (Fsp3) is 0.367. The number of nitrogens with zero attached hydrogens (tertiary/aromatic N) is 1. The normalized spacial score (nSPS) is 13.7. The molecule has 14 nitrogen and oxygen atoms in total. The summed E-state index contributed by atoms with van der Waals surface area (Å²) in [5.74, 6) is -3.18. The molecule has 3 rings (SSSR count). The number of unbranched alkanes of at least 4 members (excludes halogenated alkanes) is 1. The van der Waals surface area contributed by atoms with E-state index in [1.165, 1.54) is 36.8 Å². The second kappa shape index (κ2) is 16.6. The number of aromatic amines is 1. The lowest BCUT2D eigenvalue weighted by molar-refractivity contribution is -0.142. The van der Waals surface area contributed by atoms with Gasteiger partial charge >= 0.3 is 5.97 Å². The molecule has 3 aromatic rings. The highest BCUT2D eigenvalue weighted by atomic mass is 16.4. The largest absolute Gasteiger partial charge is 0.508 e. The maximum Gasteiger partial charge on any atom is 0.326 e. The van der Waals surface area contributed by atoms with Gasteiger partial charge in [0.2, 0.25) is 17.7 Å². The Hall–Kier alpha value is -4.95. The van der Waals surface area contributed by atoms with Crippen molar-refractivity contribution in [1.29, 1.82) is 0 Å². The number of H-pyrrole nitrogens is 1. The first-order valence-electron chi connectivity index (χ1n) is 14.2. The molecule has 0 spiro atoms. The van der Waals surface area contributed by atoms with Gasteiger partial charge in [0, 0.05) is 24.7 Å². The molecule has 1 aromatic heterocycles. The number of hydrogen-bond acceptors (Lipinski definition) is 9. The van der Waals surface area contributed by atoms with Crippen LogP contribution in [0.4, 0.5) is 0 Å². The van der Waals surface area contributed by atoms with Gasteiger partial charge in [0.1, 0.15) is 29.6 Å². The van der Waals surface area contributed by atoms with E-state index in [2.05, 4.69) is 25.9 Å². The second-order valence-electron chi connectivity index (χ2n) is 10.4. The average molecular weight is 610 g/mol. The van der Waals surface area contributed by atoms with Crippen LogP contribution in [0, 0.1) is 0 Å². The molecule has 236 valence electrons. The summed E-state index contributed by atoms with van der Waals surface area (Å²) in [6.07, 6.45) is 4.23. The van der Waals surface area contributed by atoms with Crippen molar-refractivity contribution in [2.75, 3.05) is 6.54 Å². The van der Waals surface area contributed by atoms with Crippen molar-refractivity contribution in [1.82, 2.24) is 25.9 Å². The molecule has 0 fully saturated rings. The summed E-state index contributed by atoms with van der Waals surface area (Å²) in [5.41, 5.74) is 13.6. The van der Waals surface area contributed by atoms with Crippen molar-refractivity contribution in [2.45, 2.75) is 62.7 Å². The number of nitrogens with one attached hydrogen (secondary N) is 4. The fourth-order valence-corrected chi connectivity index (χ4v) is 4.46. The molecule has 14 heteroatoms. The number of aromatic hydroxyl groups is 2. The van der Waals surface area contributed by atoms with Gasteiger partial charge in [-0.15, -0.1) is 0 Å². The van der Waals surface area contributed by atoms with Crippen molar-refractivity contribution in [3.05, 3.63) is 77.9 Å². The number of amides is 3. The molecule has 44 heavy (non-hydrogen) atoms. The third-order valence-electron chi connectivity index (χ3n) is 6.91. The van der Waals surface area contributed by atoms with Crippen LogP contribution in [0.5, 0.6) is 11.5 Å². The zero-order valence-corrected chi connectivity index (χ0v) is 24.1. The number of aromatic nitrogens is 2. The van der Waals surface area contributed by atoms with Crippen LogP contribution in [0.2, 0.25) is 0 Å². The van der Waals surface area contributed by atoms with Crippen molar-refractivity contribution >= 4 is 23.7 Å². The molecule has 2 aromatic carbocycles. The number of hydrogen-bond donors (Lipinski definition) is 9. The van der Waals surface area contributed by atoms with E-state index in [1.54, 1.807) is 24.3 Å². The summed E-state index contributed by atoms with van der Waals surface area (Å²) in [7, 11) is 0. The van der Waals surface area contributed by atoms with Gasteiger partial charge in [-0.25, -0.2) is 9.78 Å². The number of phenols is 2. The van der Waals surface area contributed by atoms with Gasteiger partial charge < -0.3 is 47.7 Å². The molecule has 3 amide bonds. The number of benzene rings is 2. The van der Waals surface area contributed by atoms with Crippen LogP contribution >= 0.6 is 0 Å². The Bertz CT molecular complexity index is 1370. The van der Waals surface area contributed by atoms with E-state index in [1.807, 2.05) is 0 Å². The minimum Gasteiger partial charge on any atom is -0.508 e. The van der Waals surface area contributed by atoms with E-state index >= 15 is 0 Å². The topological polar surface area (TPSA) is 246 Å². The lowest BCUT2D eigenvalue weighted by Crippen LogP contribution is -2.58. The molecule has 4 atom stereocenters. The Kier molecular flexibility index (Phi) is 12.7. The molecule has 1 heterocycles. The number of phenolic OH excluding ortho intramolecular Hbond substituents is 2. The smallest absolute Gasteiger partial charge is 0.326 e. The molecule has 4 unspecified atom stereocenters. The molecule has 0 saturated heterocycles. The number of carbonyl (C=O) groups is 4. The monoisotopic (exact) mass is 609 g/mol. The first-order chi connectivity index (χ1) is 21.0. The Morgan fingerprint density at radius 3 is 1.84 bits per heavy atom. The quantitative estimate of drug-likeness (QED) is 0.0915. The Labute approximate surface area is 254 Å². The molecule has 0 saturated carbocycles. The fourth-order valence-electron chi connectivity index (χ4n) is 4.46. The highest BCUT2D eigenvalue weighted by Gasteiger charge is 2.31. The predicted octanol–water partition coefficient (Wildman–Crippen LogP) is -0.156. The maximum atomic E-state index is 13.5. The van der Waals surface area contributed by atoms with Crippen molar-refractivity contribution in [3.63, 3.8) is 0 Å². The van der Waals surface area contributed by atoms with Crippen LogP contribution in [0.15, 0.2) is 61.1 Å². The van der Waals surface area contributed by atoms with Crippen LogP contribution in [0.1, 0.15) is 36.1 Å². The first-order valence-corrected chi connectivity index (χ1v) is 14.2. The van der Waals surface area contributed by atoms with E-state index in [0.29, 0.717) is 36.2 Å². The second-order valence-corrected chi connectivity index (χ2v) is 10.4. The van der Waals surface area contributed by atoms with Crippen molar-refractivity contribution in [3.8, 4) is 11.5 Å². The summed E-state index contributed by atoms with van der Waals surface area (Å²) < 4.78 is 0. The van der Waals surface area contributed by atoms with Gasteiger partial charge in [-0.2, -0.15) is 0 Å². The van der Waals surface area contributed by atoms with Gasteiger partial charge in [0.05, 0.1) is 12.4 Å². The molecule has 0 bridgehead atoms. The van der Waals surface area contributed by atoms with Crippen LogP contribution < -0.4 is 27.4 Å². The average Bonchev–Trinajstić information content (AvgIpc) is 3.51. The summed E-state index contributed by atoms with van der Waals surface area (Å²) in [6.45, 7) is 0.359. The molecule has 0 aliphatic heterocycles.